The van der Waals surface area contributed by atoms with Gasteiger partial charge in [0.15, 0.2) is 0 Å². The van der Waals surface area contributed by atoms with Gasteiger partial charge in [0.25, 0.3) is 0 Å². The summed E-state index contributed by atoms with van der Waals surface area (Å²) in [5, 5.41) is 0.595. The zero-order valence-corrected chi connectivity index (χ0v) is 14.0. The van der Waals surface area contributed by atoms with Crippen molar-refractivity contribution in [3.05, 3.63) is 86.8 Å². The molecule has 0 bridgehead atoms. The van der Waals surface area contributed by atoms with Gasteiger partial charge in [-0.1, -0.05) is 42.5 Å². The Labute approximate surface area is 146 Å². The monoisotopic (exact) mass is 364 g/mol. The molecule has 7 heteroatoms. The van der Waals surface area contributed by atoms with Crippen LogP contribution in [0.25, 0.3) is 0 Å². The largest absolute Gasteiger partial charge is 0.416 e. The highest BCUT2D eigenvalue weighted by Gasteiger charge is 2.29. The number of hydrogen-bond donors (Lipinski definition) is 0. The normalized spacial score (nSPS) is 11.6. The number of alkyl halides is 3. The van der Waals surface area contributed by atoms with Crippen molar-refractivity contribution < 1.29 is 13.2 Å². The van der Waals surface area contributed by atoms with Crippen molar-refractivity contribution in [1.82, 2.24) is 8.94 Å². The molecule has 2 aromatic carbocycles. The van der Waals surface area contributed by atoms with Crippen molar-refractivity contribution in [3.63, 3.8) is 0 Å². The highest BCUT2D eigenvalue weighted by molar-refractivity contribution is 7.06. The van der Waals surface area contributed by atoms with E-state index in [-0.39, 0.29) is 5.69 Å². The number of hydrogen-bond acceptors (Lipinski definition) is 3. The quantitative estimate of drug-likeness (QED) is 0.681. The Morgan fingerprint density at radius 1 is 0.960 bits per heavy atom. The third-order valence-corrected chi connectivity index (χ3v) is 4.74. The number of aryl methyl sites for hydroxylation is 2. The first kappa shape index (κ1) is 17.4. The predicted molar refractivity (Wildman–Crippen MR) is 90.8 cm³/mol. The molecule has 130 valence electrons. The number of halogens is 3. The average molecular weight is 364 g/mol. The lowest BCUT2D eigenvalue weighted by Crippen LogP contribution is -2.16. The fourth-order valence-electron chi connectivity index (χ4n) is 2.42. The number of nitrogens with zero attached hydrogens (tertiary/aromatic N) is 2. The van der Waals surface area contributed by atoms with Gasteiger partial charge >= 0.3 is 11.9 Å². The molecule has 0 spiro atoms. The van der Waals surface area contributed by atoms with Crippen LogP contribution in [0.15, 0.2) is 59.4 Å². The zero-order chi connectivity index (χ0) is 17.9. The Morgan fingerprint density at radius 3 is 2.28 bits per heavy atom. The molecule has 0 aliphatic heterocycles. The van der Waals surface area contributed by atoms with Gasteiger partial charge in [-0.15, -0.1) is 0 Å². The minimum absolute atomic E-state index is 0.317. The van der Waals surface area contributed by atoms with E-state index >= 15 is 0 Å². The minimum atomic E-state index is -4.34. The van der Waals surface area contributed by atoms with Gasteiger partial charge in [-0.2, -0.15) is 18.2 Å². The van der Waals surface area contributed by atoms with Gasteiger partial charge in [0.05, 0.1) is 5.56 Å². The second-order valence-corrected chi connectivity index (χ2v) is 6.68. The van der Waals surface area contributed by atoms with Crippen LogP contribution in [0.4, 0.5) is 13.2 Å². The Bertz CT molecular complexity index is 883. The van der Waals surface area contributed by atoms with Crippen molar-refractivity contribution in [2.24, 2.45) is 0 Å². The van der Waals surface area contributed by atoms with Gasteiger partial charge in [0.1, 0.15) is 5.01 Å². The summed E-state index contributed by atoms with van der Waals surface area (Å²) < 4.78 is 39.3. The Hall–Kier alpha value is -2.41. The van der Waals surface area contributed by atoms with E-state index in [0.717, 1.165) is 24.1 Å². The van der Waals surface area contributed by atoms with Crippen LogP contribution in [-0.2, 0) is 25.6 Å². The first-order valence-corrected chi connectivity index (χ1v) is 8.46. The lowest BCUT2D eigenvalue weighted by molar-refractivity contribution is -0.137. The summed E-state index contributed by atoms with van der Waals surface area (Å²) in [7, 11) is 0. The average Bonchev–Trinajstić information content (AvgIpc) is 2.93. The van der Waals surface area contributed by atoms with Crippen molar-refractivity contribution in [3.8, 4) is 0 Å². The van der Waals surface area contributed by atoms with Crippen LogP contribution >= 0.6 is 11.5 Å². The van der Waals surface area contributed by atoms with E-state index in [1.54, 1.807) is 3.96 Å². The molecule has 3 rings (SSSR count). The van der Waals surface area contributed by atoms with Crippen molar-refractivity contribution in [1.29, 1.82) is 0 Å². The molecule has 3 aromatic rings. The van der Waals surface area contributed by atoms with Crippen molar-refractivity contribution in [2.45, 2.75) is 25.6 Å². The summed E-state index contributed by atoms with van der Waals surface area (Å²) in [6, 6.07) is 14.7. The second-order valence-electron chi connectivity index (χ2n) is 5.59. The van der Waals surface area contributed by atoms with Crippen LogP contribution in [0.2, 0.25) is 0 Å². The lowest BCUT2D eigenvalue weighted by Gasteiger charge is -2.06. The topological polar surface area (TPSA) is 34.9 Å². The molecule has 0 saturated carbocycles. The highest BCUT2D eigenvalue weighted by Crippen LogP contribution is 2.29. The lowest BCUT2D eigenvalue weighted by atomic mass is 10.1. The fourth-order valence-corrected chi connectivity index (χ4v) is 3.33. The first-order valence-electron chi connectivity index (χ1n) is 7.69. The smallest absolute Gasteiger partial charge is 0.246 e. The predicted octanol–water partition coefficient (Wildman–Crippen LogP) is 4.16. The van der Waals surface area contributed by atoms with Gasteiger partial charge in [0, 0.05) is 13.0 Å². The molecule has 0 aliphatic rings. The van der Waals surface area contributed by atoms with Crippen LogP contribution in [0.5, 0.6) is 0 Å². The van der Waals surface area contributed by atoms with Crippen LogP contribution in [-0.4, -0.2) is 8.94 Å². The zero-order valence-electron chi connectivity index (χ0n) is 13.2. The number of aromatic nitrogens is 2. The van der Waals surface area contributed by atoms with E-state index in [9.17, 15) is 18.0 Å². The molecule has 0 radical (unpaired) electrons. The highest BCUT2D eigenvalue weighted by atomic mass is 32.1. The summed E-state index contributed by atoms with van der Waals surface area (Å²) in [5.41, 5.74) is 0.824. The van der Waals surface area contributed by atoms with Gasteiger partial charge < -0.3 is 0 Å². The molecule has 0 saturated heterocycles. The maximum absolute atomic E-state index is 12.6. The molecular formula is C18H15F3N2OS. The first-order chi connectivity index (χ1) is 11.9. The van der Waals surface area contributed by atoms with Gasteiger partial charge in [0.2, 0.25) is 0 Å². The standard InChI is InChI=1S/C18H15F3N2OS/c19-18(20,21)15-8-6-14(7-9-15)12-16-22-17(24)23(25-16)11-10-13-4-2-1-3-5-13/h1-9H,10-12H2. The molecule has 0 unspecified atom stereocenters. The summed E-state index contributed by atoms with van der Waals surface area (Å²) in [5.74, 6) is 0. The second kappa shape index (κ2) is 7.23. The van der Waals surface area contributed by atoms with E-state index < -0.39 is 11.7 Å². The molecule has 1 aromatic heterocycles. The van der Waals surface area contributed by atoms with E-state index in [2.05, 4.69) is 4.98 Å². The fraction of sp³-hybridized carbons (Fsp3) is 0.222. The van der Waals surface area contributed by atoms with Crippen LogP contribution in [0.1, 0.15) is 21.7 Å². The Kier molecular flexibility index (Phi) is 5.03. The molecular weight excluding hydrogens is 349 g/mol. The summed E-state index contributed by atoms with van der Waals surface area (Å²) in [6.45, 7) is 0.535. The van der Waals surface area contributed by atoms with Crippen molar-refractivity contribution >= 4 is 11.5 Å². The molecule has 0 fully saturated rings. The minimum Gasteiger partial charge on any atom is -0.246 e. The molecule has 0 amide bonds. The van der Waals surface area contributed by atoms with Crippen LogP contribution in [0, 0.1) is 0 Å². The third-order valence-electron chi connectivity index (χ3n) is 3.73. The van der Waals surface area contributed by atoms with Gasteiger partial charge in [-0.3, -0.25) is 0 Å². The molecule has 25 heavy (non-hydrogen) atoms. The number of benzene rings is 2. The SMILES string of the molecule is O=c1nc(Cc2ccc(C(F)(F)F)cc2)sn1CCc1ccccc1. The third kappa shape index (κ3) is 4.57. The van der Waals surface area contributed by atoms with E-state index in [0.29, 0.717) is 23.5 Å². The van der Waals surface area contributed by atoms with Crippen LogP contribution < -0.4 is 5.69 Å². The Balaban J connectivity index is 1.67. The number of rotatable bonds is 5. The molecule has 1 heterocycles. The molecule has 0 N–H and O–H groups in total. The summed E-state index contributed by atoms with van der Waals surface area (Å²) >= 11 is 1.25. The maximum atomic E-state index is 12.6. The summed E-state index contributed by atoms with van der Waals surface area (Å²) in [4.78, 5) is 15.9. The summed E-state index contributed by atoms with van der Waals surface area (Å²) in [6.07, 6.45) is -3.28. The van der Waals surface area contributed by atoms with E-state index in [4.69, 9.17) is 0 Å². The van der Waals surface area contributed by atoms with Crippen molar-refractivity contribution in [2.75, 3.05) is 0 Å². The maximum Gasteiger partial charge on any atom is 0.416 e. The Morgan fingerprint density at radius 2 is 1.64 bits per heavy atom. The molecule has 0 atom stereocenters. The van der Waals surface area contributed by atoms with Gasteiger partial charge in [-0.05, 0) is 41.2 Å². The van der Waals surface area contributed by atoms with Crippen LogP contribution in [0.3, 0.4) is 0 Å². The van der Waals surface area contributed by atoms with E-state index in [1.165, 1.54) is 23.7 Å². The van der Waals surface area contributed by atoms with Gasteiger partial charge in [-0.25, -0.2) is 8.75 Å². The molecule has 0 aliphatic carbocycles. The van der Waals surface area contributed by atoms with E-state index in [1.807, 2.05) is 30.3 Å². The molecule has 3 nitrogen and oxygen atoms in total.